The monoisotopic (exact) mass is 343 g/mol. The lowest BCUT2D eigenvalue weighted by atomic mass is 10.1. The van der Waals surface area contributed by atoms with E-state index >= 15 is 0 Å². The highest BCUT2D eigenvalue weighted by Gasteiger charge is 2.24. The number of terminal acetylenes is 1. The van der Waals surface area contributed by atoms with Gasteiger partial charge in [-0.25, -0.2) is 4.39 Å². The predicted molar refractivity (Wildman–Crippen MR) is 73.2 cm³/mol. The van der Waals surface area contributed by atoms with Crippen molar-refractivity contribution in [2.24, 2.45) is 0 Å². The van der Waals surface area contributed by atoms with E-state index in [0.717, 1.165) is 27.7 Å². The molecule has 0 N–H and O–H groups in total. The standard InChI is InChI=1S/C13H11FINO/c1-2-6-16-12(17)5-3-4-9-7-10(14)8-11(15)13(9)16/h1,7-8H,3-6H2. The fourth-order valence-corrected chi connectivity index (χ4v) is 3.00. The van der Waals surface area contributed by atoms with Gasteiger partial charge in [0, 0.05) is 9.99 Å². The number of rotatable bonds is 1. The first-order valence-corrected chi connectivity index (χ1v) is 6.43. The summed E-state index contributed by atoms with van der Waals surface area (Å²) in [7, 11) is 0. The number of carbonyl (C=O) groups is 1. The Morgan fingerprint density at radius 3 is 2.94 bits per heavy atom. The number of amides is 1. The third kappa shape index (κ3) is 2.44. The van der Waals surface area contributed by atoms with Crippen LogP contribution in [0, 0.1) is 21.7 Å². The van der Waals surface area contributed by atoms with Gasteiger partial charge in [-0.2, -0.15) is 0 Å². The number of benzene rings is 1. The molecule has 0 aromatic heterocycles. The average Bonchev–Trinajstić information content (AvgIpc) is 2.40. The Labute approximate surface area is 113 Å². The molecule has 1 aliphatic heterocycles. The van der Waals surface area contributed by atoms with E-state index in [2.05, 4.69) is 5.92 Å². The van der Waals surface area contributed by atoms with Crippen molar-refractivity contribution in [1.82, 2.24) is 0 Å². The number of nitrogens with zero attached hydrogens (tertiary/aromatic N) is 1. The van der Waals surface area contributed by atoms with Crippen molar-refractivity contribution in [3.05, 3.63) is 27.1 Å². The molecule has 2 rings (SSSR count). The van der Waals surface area contributed by atoms with Gasteiger partial charge in [0.15, 0.2) is 0 Å². The lowest BCUT2D eigenvalue weighted by Gasteiger charge is -2.22. The minimum Gasteiger partial charge on any atom is -0.299 e. The molecule has 88 valence electrons. The molecule has 0 atom stereocenters. The van der Waals surface area contributed by atoms with Gasteiger partial charge in [-0.1, -0.05) is 5.92 Å². The Hall–Kier alpha value is -1.09. The topological polar surface area (TPSA) is 20.3 Å². The molecular weight excluding hydrogens is 332 g/mol. The summed E-state index contributed by atoms with van der Waals surface area (Å²) in [4.78, 5) is 13.5. The van der Waals surface area contributed by atoms with E-state index < -0.39 is 0 Å². The van der Waals surface area contributed by atoms with Crippen LogP contribution in [-0.2, 0) is 11.2 Å². The highest BCUT2D eigenvalue weighted by Crippen LogP contribution is 2.32. The average molecular weight is 343 g/mol. The van der Waals surface area contributed by atoms with Gasteiger partial charge in [0.05, 0.1) is 12.2 Å². The Morgan fingerprint density at radius 1 is 1.47 bits per heavy atom. The number of aryl methyl sites for hydroxylation is 1. The van der Waals surface area contributed by atoms with Gasteiger partial charge in [0.2, 0.25) is 5.91 Å². The summed E-state index contributed by atoms with van der Waals surface area (Å²) in [5.74, 6) is 2.25. The molecule has 0 radical (unpaired) electrons. The second-order valence-corrected chi connectivity index (χ2v) is 5.10. The molecule has 4 heteroatoms. The SMILES string of the molecule is C#CCN1C(=O)CCCc2cc(F)cc(I)c21. The van der Waals surface area contributed by atoms with Crippen LogP contribution < -0.4 is 4.90 Å². The van der Waals surface area contributed by atoms with Crippen LogP contribution in [0.5, 0.6) is 0 Å². The molecule has 1 aliphatic rings. The maximum atomic E-state index is 13.3. The van der Waals surface area contributed by atoms with Gasteiger partial charge in [0.1, 0.15) is 5.82 Å². The first-order chi connectivity index (χ1) is 8.13. The van der Waals surface area contributed by atoms with Gasteiger partial charge in [0.25, 0.3) is 0 Å². The maximum Gasteiger partial charge on any atom is 0.227 e. The molecule has 0 unspecified atom stereocenters. The molecule has 1 heterocycles. The van der Waals surface area contributed by atoms with Crippen molar-refractivity contribution >= 4 is 34.2 Å². The summed E-state index contributed by atoms with van der Waals surface area (Å²) in [6.45, 7) is 0.244. The number of anilines is 1. The predicted octanol–water partition coefficient (Wildman–Crippen LogP) is 2.73. The maximum absolute atomic E-state index is 13.3. The van der Waals surface area contributed by atoms with Crippen LogP contribution in [0.25, 0.3) is 0 Å². The third-order valence-corrected chi connectivity index (χ3v) is 3.59. The smallest absolute Gasteiger partial charge is 0.227 e. The van der Waals surface area contributed by atoms with Crippen molar-refractivity contribution in [2.45, 2.75) is 19.3 Å². The van der Waals surface area contributed by atoms with E-state index in [9.17, 15) is 9.18 Å². The summed E-state index contributed by atoms with van der Waals surface area (Å²) >= 11 is 2.05. The van der Waals surface area contributed by atoms with E-state index in [1.165, 1.54) is 12.1 Å². The molecule has 0 aliphatic carbocycles. The van der Waals surface area contributed by atoms with Crippen LogP contribution in [0.3, 0.4) is 0 Å². The summed E-state index contributed by atoms with van der Waals surface area (Å²) in [5.41, 5.74) is 1.66. The van der Waals surface area contributed by atoms with E-state index in [4.69, 9.17) is 6.42 Å². The van der Waals surface area contributed by atoms with Crippen molar-refractivity contribution in [3.8, 4) is 12.3 Å². The van der Waals surface area contributed by atoms with Crippen molar-refractivity contribution in [1.29, 1.82) is 0 Å². The van der Waals surface area contributed by atoms with E-state index in [1.807, 2.05) is 22.6 Å². The molecular formula is C13H11FINO. The number of hydrogen-bond acceptors (Lipinski definition) is 1. The van der Waals surface area contributed by atoms with Crippen LogP contribution in [0.1, 0.15) is 18.4 Å². The van der Waals surface area contributed by atoms with Crippen LogP contribution in [-0.4, -0.2) is 12.5 Å². The van der Waals surface area contributed by atoms with Crippen LogP contribution in [0.15, 0.2) is 12.1 Å². The second kappa shape index (κ2) is 5.05. The third-order valence-electron chi connectivity index (χ3n) is 2.76. The zero-order valence-electron chi connectivity index (χ0n) is 9.17. The molecule has 1 aromatic carbocycles. The molecule has 17 heavy (non-hydrogen) atoms. The molecule has 0 spiro atoms. The van der Waals surface area contributed by atoms with Crippen molar-refractivity contribution < 1.29 is 9.18 Å². The molecule has 2 nitrogen and oxygen atoms in total. The van der Waals surface area contributed by atoms with Crippen molar-refractivity contribution in [2.75, 3.05) is 11.4 Å². The van der Waals surface area contributed by atoms with Gasteiger partial charge < -0.3 is 0 Å². The van der Waals surface area contributed by atoms with Crippen molar-refractivity contribution in [3.63, 3.8) is 0 Å². The number of hydrogen-bond donors (Lipinski definition) is 0. The zero-order chi connectivity index (χ0) is 12.4. The fourth-order valence-electron chi connectivity index (χ4n) is 2.06. The van der Waals surface area contributed by atoms with Crippen LogP contribution >= 0.6 is 22.6 Å². The van der Waals surface area contributed by atoms with Crippen LogP contribution in [0.2, 0.25) is 0 Å². The lowest BCUT2D eigenvalue weighted by molar-refractivity contribution is -0.118. The Bertz CT molecular complexity index is 507. The number of carbonyl (C=O) groups excluding carboxylic acids is 1. The Balaban J connectivity index is 2.57. The summed E-state index contributed by atoms with van der Waals surface area (Å²) < 4.78 is 14.1. The molecule has 0 bridgehead atoms. The second-order valence-electron chi connectivity index (χ2n) is 3.93. The van der Waals surface area contributed by atoms with Crippen LogP contribution in [0.4, 0.5) is 10.1 Å². The molecule has 0 saturated heterocycles. The zero-order valence-corrected chi connectivity index (χ0v) is 11.3. The number of halogens is 2. The Kier molecular flexibility index (Phi) is 3.67. The minimum absolute atomic E-state index is 0.0197. The Morgan fingerprint density at radius 2 is 2.24 bits per heavy atom. The largest absolute Gasteiger partial charge is 0.299 e. The summed E-state index contributed by atoms with van der Waals surface area (Å²) in [5, 5.41) is 0. The highest BCUT2D eigenvalue weighted by molar-refractivity contribution is 14.1. The normalized spacial score (nSPS) is 15.1. The van der Waals surface area contributed by atoms with Gasteiger partial charge in [-0.3, -0.25) is 9.69 Å². The summed E-state index contributed by atoms with van der Waals surface area (Å²) in [6.07, 6.45) is 7.22. The van der Waals surface area contributed by atoms with E-state index in [0.29, 0.717) is 6.42 Å². The molecule has 1 aromatic rings. The minimum atomic E-state index is -0.261. The molecule has 1 amide bonds. The molecule has 0 fully saturated rings. The first-order valence-electron chi connectivity index (χ1n) is 5.35. The first kappa shape index (κ1) is 12.4. The highest BCUT2D eigenvalue weighted by atomic mass is 127. The lowest BCUT2D eigenvalue weighted by Crippen LogP contribution is -2.31. The van der Waals surface area contributed by atoms with Gasteiger partial charge in [-0.15, -0.1) is 6.42 Å². The molecule has 0 saturated carbocycles. The number of fused-ring (bicyclic) bond motifs is 1. The fraction of sp³-hybridized carbons (Fsp3) is 0.308. The van der Waals surface area contributed by atoms with Gasteiger partial charge >= 0.3 is 0 Å². The quantitative estimate of drug-likeness (QED) is 0.567. The van der Waals surface area contributed by atoms with E-state index in [-0.39, 0.29) is 18.3 Å². The van der Waals surface area contributed by atoms with Gasteiger partial charge in [-0.05, 0) is 53.1 Å². The summed E-state index contributed by atoms with van der Waals surface area (Å²) in [6, 6.07) is 2.93. The van der Waals surface area contributed by atoms with E-state index in [1.54, 1.807) is 4.90 Å².